The first kappa shape index (κ1) is 28.3. The first-order chi connectivity index (χ1) is 19.9. The molecule has 0 spiro atoms. The van der Waals surface area contributed by atoms with Gasteiger partial charge in [-0.2, -0.15) is 0 Å². The molecule has 0 radical (unpaired) electrons. The molecule has 1 aliphatic carbocycles. The van der Waals surface area contributed by atoms with Gasteiger partial charge in [-0.15, -0.1) is 0 Å². The number of methoxy groups -OCH3 is 1. The Morgan fingerprint density at radius 1 is 0.927 bits per heavy atom. The number of ether oxygens (including phenoxy) is 3. The molecule has 3 aromatic rings. The van der Waals surface area contributed by atoms with Crippen molar-refractivity contribution in [1.29, 1.82) is 0 Å². The number of nitrogens with one attached hydrogen (secondary N) is 1. The van der Waals surface area contributed by atoms with E-state index in [1.54, 1.807) is 6.92 Å². The quantitative estimate of drug-likeness (QED) is 0.386. The summed E-state index contributed by atoms with van der Waals surface area (Å²) in [7, 11) is 1.42. The van der Waals surface area contributed by atoms with E-state index in [9.17, 15) is 19.5 Å². The predicted octanol–water partition coefficient (Wildman–Crippen LogP) is 4.06. The number of hydrogen-bond donors (Lipinski definition) is 2. The molecule has 2 N–H and O–H groups in total. The Morgan fingerprint density at radius 3 is 2.12 bits per heavy atom. The number of aliphatic carboxylic acids is 1. The lowest BCUT2D eigenvalue weighted by atomic mass is 9.98. The van der Waals surface area contributed by atoms with Crippen LogP contribution in [0.25, 0.3) is 11.1 Å². The van der Waals surface area contributed by atoms with Crippen LogP contribution in [0.1, 0.15) is 29.5 Å². The van der Waals surface area contributed by atoms with Crippen molar-refractivity contribution >= 4 is 18.0 Å². The van der Waals surface area contributed by atoms with E-state index in [2.05, 4.69) is 17.4 Å². The van der Waals surface area contributed by atoms with Crippen LogP contribution in [0.5, 0.6) is 0 Å². The van der Waals surface area contributed by atoms with Crippen molar-refractivity contribution < 1.29 is 33.7 Å². The minimum atomic E-state index is -1.10. The number of carbonyl (C=O) groups is 3. The minimum absolute atomic E-state index is 0.0268. The van der Waals surface area contributed by atoms with Gasteiger partial charge in [0.2, 0.25) is 5.91 Å². The summed E-state index contributed by atoms with van der Waals surface area (Å²) < 4.78 is 17.0. The largest absolute Gasteiger partial charge is 0.481 e. The zero-order chi connectivity index (χ0) is 28.9. The van der Waals surface area contributed by atoms with Crippen LogP contribution in [0.2, 0.25) is 0 Å². The standard InChI is InChI=1S/C32H34N2O7/c1-20(40-18-21-10-4-3-5-11-21)29(30(35)34-16-26(31(36)37)28(17-34)39-2)33-32(38)41-19-27-24-14-8-6-12-22(24)23-13-7-9-15-25(23)27/h3-15,20,26-29H,16-19H2,1-2H3,(H,33,38)(H,36,37)/t20-,26?,28?,29+/m0/s1. The Morgan fingerprint density at radius 2 is 1.54 bits per heavy atom. The average molecular weight is 559 g/mol. The predicted molar refractivity (Wildman–Crippen MR) is 151 cm³/mol. The molecule has 9 nitrogen and oxygen atoms in total. The summed E-state index contributed by atoms with van der Waals surface area (Å²) in [6.45, 7) is 2.10. The van der Waals surface area contributed by atoms with Crippen LogP contribution in [0.4, 0.5) is 4.79 Å². The molecule has 1 heterocycles. The Kier molecular flexibility index (Phi) is 8.66. The molecule has 0 aromatic heterocycles. The second-order valence-corrected chi connectivity index (χ2v) is 10.4. The maximum absolute atomic E-state index is 13.7. The minimum Gasteiger partial charge on any atom is -0.481 e. The van der Waals surface area contributed by atoms with E-state index in [1.165, 1.54) is 12.0 Å². The smallest absolute Gasteiger partial charge is 0.407 e. The van der Waals surface area contributed by atoms with Crippen molar-refractivity contribution in [2.24, 2.45) is 5.92 Å². The Balaban J connectivity index is 1.29. The summed E-state index contributed by atoms with van der Waals surface area (Å²) in [6.07, 6.45) is -2.13. The fourth-order valence-corrected chi connectivity index (χ4v) is 5.67. The monoisotopic (exact) mass is 558 g/mol. The highest BCUT2D eigenvalue weighted by molar-refractivity contribution is 5.87. The molecule has 4 atom stereocenters. The van der Waals surface area contributed by atoms with Gasteiger partial charge in [0, 0.05) is 26.1 Å². The summed E-state index contributed by atoms with van der Waals surface area (Å²) >= 11 is 0. The van der Waals surface area contributed by atoms with Crippen LogP contribution < -0.4 is 5.32 Å². The number of carboxylic acids is 1. The van der Waals surface area contributed by atoms with Gasteiger partial charge in [-0.1, -0.05) is 78.9 Å². The van der Waals surface area contributed by atoms with Crippen molar-refractivity contribution in [3.63, 3.8) is 0 Å². The van der Waals surface area contributed by atoms with Crippen LogP contribution in [-0.2, 0) is 30.4 Å². The third-order valence-corrected chi connectivity index (χ3v) is 7.91. The number of nitrogens with zero attached hydrogens (tertiary/aromatic N) is 1. The fraction of sp³-hybridized carbons (Fsp3) is 0.344. The molecule has 0 saturated carbocycles. The van der Waals surface area contributed by atoms with Crippen molar-refractivity contribution in [3.05, 3.63) is 95.6 Å². The van der Waals surface area contributed by atoms with Crippen LogP contribution in [0.15, 0.2) is 78.9 Å². The first-order valence-electron chi connectivity index (χ1n) is 13.7. The van der Waals surface area contributed by atoms with Crippen molar-refractivity contribution in [2.75, 3.05) is 26.8 Å². The third-order valence-electron chi connectivity index (χ3n) is 7.91. The molecule has 9 heteroatoms. The van der Waals surface area contributed by atoms with E-state index in [1.807, 2.05) is 66.7 Å². The number of carbonyl (C=O) groups excluding carboxylic acids is 2. The maximum Gasteiger partial charge on any atom is 0.407 e. The van der Waals surface area contributed by atoms with Gasteiger partial charge >= 0.3 is 12.1 Å². The van der Waals surface area contributed by atoms with Gasteiger partial charge < -0.3 is 29.5 Å². The second-order valence-electron chi connectivity index (χ2n) is 10.4. The molecular formula is C32H34N2O7. The van der Waals surface area contributed by atoms with Gasteiger partial charge in [-0.3, -0.25) is 9.59 Å². The van der Waals surface area contributed by atoms with Gasteiger partial charge in [0.1, 0.15) is 18.6 Å². The number of benzene rings is 3. The Bertz CT molecular complexity index is 1350. The number of amides is 2. The molecule has 0 bridgehead atoms. The number of fused-ring (bicyclic) bond motifs is 3. The number of likely N-dealkylation sites (tertiary alicyclic amines) is 1. The molecule has 3 aromatic carbocycles. The van der Waals surface area contributed by atoms with Crippen LogP contribution >= 0.6 is 0 Å². The normalized spacial score (nSPS) is 19.2. The number of alkyl carbamates (subject to hydrolysis) is 1. The molecule has 41 heavy (non-hydrogen) atoms. The average Bonchev–Trinajstić information content (AvgIpc) is 3.58. The highest BCUT2D eigenvalue weighted by atomic mass is 16.5. The second kappa shape index (κ2) is 12.5. The maximum atomic E-state index is 13.7. The molecule has 2 aliphatic rings. The first-order valence-corrected chi connectivity index (χ1v) is 13.7. The molecule has 214 valence electrons. The molecule has 1 aliphatic heterocycles. The van der Waals surface area contributed by atoms with E-state index in [-0.39, 0.29) is 32.2 Å². The zero-order valence-corrected chi connectivity index (χ0v) is 23.1. The Hall–Kier alpha value is -4.21. The zero-order valence-electron chi connectivity index (χ0n) is 23.1. The van der Waals surface area contributed by atoms with Gasteiger partial charge in [0.25, 0.3) is 0 Å². The fourth-order valence-electron chi connectivity index (χ4n) is 5.67. The van der Waals surface area contributed by atoms with Crippen LogP contribution in [0.3, 0.4) is 0 Å². The number of rotatable bonds is 10. The van der Waals surface area contributed by atoms with Crippen LogP contribution in [0, 0.1) is 5.92 Å². The number of hydrogen-bond acceptors (Lipinski definition) is 6. The molecule has 2 unspecified atom stereocenters. The summed E-state index contributed by atoms with van der Waals surface area (Å²) in [5.74, 6) is -2.49. The molecule has 1 fully saturated rings. The van der Waals surface area contributed by atoms with E-state index >= 15 is 0 Å². The molecular weight excluding hydrogens is 524 g/mol. The molecule has 2 amide bonds. The topological polar surface area (TPSA) is 114 Å². The van der Waals surface area contributed by atoms with Gasteiger partial charge in [0.05, 0.1) is 18.8 Å². The van der Waals surface area contributed by atoms with E-state index in [0.717, 1.165) is 27.8 Å². The Labute approximate surface area is 239 Å². The number of carboxylic acid groups (broad SMARTS) is 1. The SMILES string of the molecule is COC1CN(C(=O)[C@H](NC(=O)OCC2c3ccccc3-c3ccccc32)[C@H](C)OCc2ccccc2)CC1C(=O)O. The summed E-state index contributed by atoms with van der Waals surface area (Å²) in [4.78, 5) is 40.0. The van der Waals surface area contributed by atoms with Gasteiger partial charge in [-0.25, -0.2) is 4.79 Å². The van der Waals surface area contributed by atoms with Gasteiger partial charge in [-0.05, 0) is 34.7 Å². The highest BCUT2D eigenvalue weighted by Crippen LogP contribution is 2.44. The van der Waals surface area contributed by atoms with Crippen LogP contribution in [-0.4, -0.2) is 73.0 Å². The molecule has 5 rings (SSSR count). The lowest BCUT2D eigenvalue weighted by Gasteiger charge is -2.28. The highest BCUT2D eigenvalue weighted by Gasteiger charge is 2.43. The third kappa shape index (κ3) is 6.11. The lowest BCUT2D eigenvalue weighted by molar-refractivity contribution is -0.144. The van der Waals surface area contributed by atoms with Crippen molar-refractivity contribution in [1.82, 2.24) is 10.2 Å². The summed E-state index contributed by atoms with van der Waals surface area (Å²) in [6, 6.07) is 24.5. The van der Waals surface area contributed by atoms with E-state index < -0.39 is 42.1 Å². The molecule has 1 saturated heterocycles. The van der Waals surface area contributed by atoms with Crippen molar-refractivity contribution in [2.45, 2.75) is 37.7 Å². The van der Waals surface area contributed by atoms with E-state index in [4.69, 9.17) is 14.2 Å². The summed E-state index contributed by atoms with van der Waals surface area (Å²) in [5, 5.41) is 12.3. The lowest BCUT2D eigenvalue weighted by Crippen LogP contribution is -2.54. The van der Waals surface area contributed by atoms with Crippen molar-refractivity contribution in [3.8, 4) is 11.1 Å². The van der Waals surface area contributed by atoms with Gasteiger partial charge in [0.15, 0.2) is 0 Å². The summed E-state index contributed by atoms with van der Waals surface area (Å²) in [5.41, 5.74) is 5.30. The van der Waals surface area contributed by atoms with E-state index in [0.29, 0.717) is 0 Å².